The van der Waals surface area contributed by atoms with E-state index in [-0.39, 0.29) is 24.3 Å². The molecule has 35 heavy (non-hydrogen) atoms. The minimum absolute atomic E-state index is 0.0317. The number of likely N-dealkylation sites (tertiary alicyclic amines) is 1. The number of ether oxygens (including phenoxy) is 2. The van der Waals surface area contributed by atoms with E-state index in [2.05, 4.69) is 21.9 Å². The first-order chi connectivity index (χ1) is 17.0. The van der Waals surface area contributed by atoms with Crippen molar-refractivity contribution in [3.63, 3.8) is 0 Å². The topological polar surface area (TPSA) is 79.9 Å². The van der Waals surface area contributed by atoms with Crippen molar-refractivity contribution >= 4 is 29.5 Å². The molecule has 2 heterocycles. The second-order valence-electron chi connectivity index (χ2n) is 9.27. The van der Waals surface area contributed by atoms with Gasteiger partial charge in [0, 0.05) is 17.4 Å². The summed E-state index contributed by atoms with van der Waals surface area (Å²) in [4.78, 5) is 28.3. The number of carbonyl (C=O) groups is 2. The molecule has 186 valence electrons. The third kappa shape index (κ3) is 4.84. The van der Waals surface area contributed by atoms with Crippen LogP contribution in [0.2, 0.25) is 0 Å². The number of carbonyl (C=O) groups excluding carboxylic acids is 2. The average Bonchev–Trinajstić information content (AvgIpc) is 3.52. The van der Waals surface area contributed by atoms with Gasteiger partial charge in [0.05, 0.1) is 25.4 Å². The number of halogens is 1. The largest absolute Gasteiger partial charge is 0.492 e. The molecule has 2 aromatic rings. The molecule has 1 saturated heterocycles. The van der Waals surface area contributed by atoms with Crippen LogP contribution >= 0.6 is 11.9 Å². The van der Waals surface area contributed by atoms with Crippen molar-refractivity contribution < 1.29 is 23.5 Å². The normalized spacial score (nSPS) is 22.5. The number of hydrogen-bond acceptors (Lipinski definition) is 7. The Morgan fingerprint density at radius 2 is 2.14 bits per heavy atom. The Kier molecular flexibility index (Phi) is 6.88. The number of amides is 1. The molecule has 0 spiro atoms. The van der Waals surface area contributed by atoms with E-state index < -0.39 is 5.97 Å². The number of nitrogens with one attached hydrogen (secondary N) is 2. The lowest BCUT2D eigenvalue weighted by molar-refractivity contribution is -0.125. The predicted molar refractivity (Wildman–Crippen MR) is 132 cm³/mol. The monoisotopic (exact) mass is 499 g/mol. The van der Waals surface area contributed by atoms with Gasteiger partial charge in [0.25, 0.3) is 0 Å². The molecule has 1 saturated carbocycles. The summed E-state index contributed by atoms with van der Waals surface area (Å²) >= 11 is 1.26. The van der Waals surface area contributed by atoms with Crippen LogP contribution in [0, 0.1) is 11.7 Å². The number of rotatable bonds is 8. The van der Waals surface area contributed by atoms with Gasteiger partial charge in [0.1, 0.15) is 17.1 Å². The second-order valence-corrected chi connectivity index (χ2v) is 10.1. The zero-order chi connectivity index (χ0) is 24.5. The van der Waals surface area contributed by atoms with Gasteiger partial charge in [0.2, 0.25) is 5.91 Å². The van der Waals surface area contributed by atoms with E-state index in [1.807, 2.05) is 12.1 Å². The van der Waals surface area contributed by atoms with E-state index in [1.54, 1.807) is 6.07 Å². The molecule has 2 aliphatic heterocycles. The number of esters is 1. The molecule has 5 rings (SSSR count). The van der Waals surface area contributed by atoms with Crippen LogP contribution in [0.3, 0.4) is 0 Å². The fraction of sp³-hybridized carbons (Fsp3) is 0.462. The number of benzene rings is 2. The van der Waals surface area contributed by atoms with Crippen molar-refractivity contribution in [1.29, 1.82) is 0 Å². The molecular formula is C26H30FN3O4S. The summed E-state index contributed by atoms with van der Waals surface area (Å²) in [6.07, 6.45) is 2.92. The summed E-state index contributed by atoms with van der Waals surface area (Å²) in [5.74, 6) is 0.700. The van der Waals surface area contributed by atoms with Crippen LogP contribution in [0.15, 0.2) is 35.2 Å². The zero-order valence-electron chi connectivity index (χ0n) is 19.9. The van der Waals surface area contributed by atoms with Gasteiger partial charge < -0.3 is 19.5 Å². The van der Waals surface area contributed by atoms with Crippen molar-refractivity contribution in [2.75, 3.05) is 31.5 Å². The van der Waals surface area contributed by atoms with Gasteiger partial charge in [0.15, 0.2) is 0 Å². The minimum atomic E-state index is -0.465. The Morgan fingerprint density at radius 1 is 1.29 bits per heavy atom. The molecule has 2 aromatic carbocycles. The lowest BCUT2D eigenvalue weighted by Crippen LogP contribution is -2.42. The molecule has 1 aliphatic carbocycles. The fourth-order valence-corrected chi connectivity index (χ4v) is 5.92. The molecule has 3 unspecified atom stereocenters. The minimum Gasteiger partial charge on any atom is -0.492 e. The number of likely N-dealkylation sites (N-methyl/N-ethyl adjacent to an activating group) is 1. The van der Waals surface area contributed by atoms with Gasteiger partial charge in [-0.05, 0) is 85.6 Å². The highest BCUT2D eigenvalue weighted by atomic mass is 32.2. The smallest absolute Gasteiger partial charge is 0.343 e. The Balaban J connectivity index is 1.32. The Hall–Kier alpha value is -2.78. The van der Waals surface area contributed by atoms with E-state index in [0.717, 1.165) is 42.8 Å². The van der Waals surface area contributed by atoms with Gasteiger partial charge in [-0.1, -0.05) is 13.0 Å². The molecule has 1 amide bonds. The predicted octanol–water partition coefficient (Wildman–Crippen LogP) is 4.33. The maximum absolute atomic E-state index is 14.1. The highest BCUT2D eigenvalue weighted by Gasteiger charge is 2.45. The van der Waals surface area contributed by atoms with Crippen molar-refractivity contribution in [3.05, 3.63) is 52.8 Å². The first-order valence-corrected chi connectivity index (χ1v) is 12.9. The molecule has 3 aliphatic rings. The molecule has 3 atom stereocenters. The SMILES string of the molecule is CCN1CCCC1C(=O)NCc1cc(F)ccc1SNc1ccc2c(c1C(=O)OC)OCC1CC21. The zero-order valence-corrected chi connectivity index (χ0v) is 20.8. The maximum atomic E-state index is 14.1. The number of methoxy groups -OCH3 is 1. The Bertz CT molecular complexity index is 1140. The summed E-state index contributed by atoms with van der Waals surface area (Å²) in [6.45, 7) is 4.63. The summed E-state index contributed by atoms with van der Waals surface area (Å²) in [7, 11) is 1.35. The molecule has 0 bridgehead atoms. The first-order valence-electron chi connectivity index (χ1n) is 12.1. The summed E-state index contributed by atoms with van der Waals surface area (Å²) in [5.41, 5.74) is 2.66. The standard InChI is InChI=1S/C26H30FN3O4S/c1-3-30-10-4-5-21(30)25(31)28-13-15-11-17(27)6-9-22(15)35-29-20-8-7-18-19-12-16(19)14-34-24(18)23(20)26(32)33-2/h6-9,11,16,19,21,29H,3-5,10,12-14H2,1-2H3,(H,28,31). The van der Waals surface area contributed by atoms with Crippen molar-refractivity contribution in [2.24, 2.45) is 5.92 Å². The third-order valence-electron chi connectivity index (χ3n) is 7.16. The molecule has 7 nitrogen and oxygen atoms in total. The summed E-state index contributed by atoms with van der Waals surface area (Å²) < 4.78 is 28.3. The van der Waals surface area contributed by atoms with Gasteiger partial charge in [-0.3, -0.25) is 9.69 Å². The Labute approximate surface area is 208 Å². The van der Waals surface area contributed by atoms with E-state index in [0.29, 0.717) is 41.0 Å². The van der Waals surface area contributed by atoms with E-state index >= 15 is 0 Å². The molecule has 0 radical (unpaired) electrons. The van der Waals surface area contributed by atoms with Crippen LogP contribution in [0.25, 0.3) is 0 Å². The van der Waals surface area contributed by atoms with Crippen LogP contribution in [-0.4, -0.2) is 49.6 Å². The van der Waals surface area contributed by atoms with Gasteiger partial charge in [-0.2, -0.15) is 0 Å². The number of anilines is 1. The molecule has 0 aromatic heterocycles. The van der Waals surface area contributed by atoms with Crippen LogP contribution in [-0.2, 0) is 16.1 Å². The van der Waals surface area contributed by atoms with Crippen LogP contribution in [0.1, 0.15) is 53.6 Å². The van der Waals surface area contributed by atoms with Crippen LogP contribution in [0.4, 0.5) is 10.1 Å². The number of nitrogens with zero attached hydrogens (tertiary/aromatic N) is 1. The van der Waals surface area contributed by atoms with Crippen molar-refractivity contribution in [1.82, 2.24) is 10.2 Å². The molecule has 2 N–H and O–H groups in total. The maximum Gasteiger partial charge on any atom is 0.343 e. The second kappa shape index (κ2) is 10.1. The number of fused-ring (bicyclic) bond motifs is 3. The highest BCUT2D eigenvalue weighted by Crippen LogP contribution is 2.55. The number of hydrogen-bond donors (Lipinski definition) is 2. The van der Waals surface area contributed by atoms with Crippen molar-refractivity contribution in [3.8, 4) is 5.75 Å². The van der Waals surface area contributed by atoms with Crippen LogP contribution < -0.4 is 14.8 Å². The third-order valence-corrected chi connectivity index (χ3v) is 8.10. The van der Waals surface area contributed by atoms with Gasteiger partial charge in [-0.15, -0.1) is 0 Å². The quantitative estimate of drug-likeness (QED) is 0.413. The fourth-order valence-electron chi connectivity index (χ4n) is 5.14. The highest BCUT2D eigenvalue weighted by molar-refractivity contribution is 8.00. The van der Waals surface area contributed by atoms with E-state index in [4.69, 9.17) is 9.47 Å². The van der Waals surface area contributed by atoms with Gasteiger partial charge >= 0.3 is 5.97 Å². The van der Waals surface area contributed by atoms with E-state index in [1.165, 1.54) is 31.2 Å². The lowest BCUT2D eigenvalue weighted by atomic mass is 10.0. The molecular weight excluding hydrogens is 469 g/mol. The Morgan fingerprint density at radius 3 is 2.94 bits per heavy atom. The average molecular weight is 500 g/mol. The molecule has 9 heteroatoms. The van der Waals surface area contributed by atoms with E-state index in [9.17, 15) is 14.0 Å². The lowest BCUT2D eigenvalue weighted by Gasteiger charge is -2.22. The molecule has 2 fully saturated rings. The van der Waals surface area contributed by atoms with Crippen molar-refractivity contribution in [2.45, 2.75) is 49.6 Å². The summed E-state index contributed by atoms with van der Waals surface area (Å²) in [5, 5.41) is 2.98. The first kappa shape index (κ1) is 23.9. The summed E-state index contributed by atoms with van der Waals surface area (Å²) in [6, 6.07) is 8.22. The van der Waals surface area contributed by atoms with Crippen LogP contribution in [0.5, 0.6) is 5.75 Å². The van der Waals surface area contributed by atoms with Gasteiger partial charge in [-0.25, -0.2) is 9.18 Å².